The van der Waals surface area contributed by atoms with Gasteiger partial charge >= 0.3 is 5.97 Å². The molecule has 1 atom stereocenters. The summed E-state index contributed by atoms with van der Waals surface area (Å²) in [5.41, 5.74) is 4.49. The molecule has 1 heterocycles. The number of hydrogen-bond acceptors (Lipinski definition) is 3. The van der Waals surface area contributed by atoms with Crippen molar-refractivity contribution in [3.8, 4) is 0 Å². The minimum Gasteiger partial charge on any atom is -0.478 e. The highest BCUT2D eigenvalue weighted by Crippen LogP contribution is 2.25. The summed E-state index contributed by atoms with van der Waals surface area (Å²) < 4.78 is 0. The number of aromatic carboxylic acids is 1. The average molecular weight is 284 g/mol. The van der Waals surface area contributed by atoms with Crippen molar-refractivity contribution in [1.82, 2.24) is 4.98 Å². The number of carboxylic acids is 1. The van der Waals surface area contributed by atoms with E-state index in [-0.39, 0.29) is 11.6 Å². The highest BCUT2D eigenvalue weighted by atomic mass is 16.4. The van der Waals surface area contributed by atoms with Gasteiger partial charge in [0.25, 0.3) is 0 Å². The van der Waals surface area contributed by atoms with Crippen molar-refractivity contribution in [2.24, 2.45) is 0 Å². The lowest BCUT2D eigenvalue weighted by molar-refractivity contribution is 0.0696. The zero-order valence-corrected chi connectivity index (χ0v) is 12.8. The third-order valence-electron chi connectivity index (χ3n) is 3.49. The molecule has 4 heteroatoms. The molecule has 2 N–H and O–H groups in total. The molecule has 0 radical (unpaired) electrons. The molecule has 0 amide bonds. The van der Waals surface area contributed by atoms with Crippen LogP contribution in [0.4, 0.5) is 5.69 Å². The number of pyridine rings is 1. The van der Waals surface area contributed by atoms with Crippen LogP contribution in [0.3, 0.4) is 0 Å². The van der Waals surface area contributed by atoms with Crippen molar-refractivity contribution in [1.29, 1.82) is 0 Å². The van der Waals surface area contributed by atoms with Crippen molar-refractivity contribution in [2.75, 3.05) is 5.32 Å². The van der Waals surface area contributed by atoms with Crippen LogP contribution in [0.15, 0.2) is 30.3 Å². The first-order valence-electron chi connectivity index (χ1n) is 6.93. The van der Waals surface area contributed by atoms with E-state index in [0.29, 0.717) is 11.4 Å². The Morgan fingerprint density at radius 3 is 2.38 bits per heavy atom. The zero-order chi connectivity index (χ0) is 15.6. The van der Waals surface area contributed by atoms with Gasteiger partial charge in [-0.2, -0.15) is 0 Å². The number of benzene rings is 1. The first-order chi connectivity index (χ1) is 9.88. The van der Waals surface area contributed by atoms with Crippen LogP contribution in [0.25, 0.3) is 0 Å². The lowest BCUT2D eigenvalue weighted by atomic mass is 10.0. The van der Waals surface area contributed by atoms with Gasteiger partial charge in [-0.1, -0.05) is 29.8 Å². The number of nitrogens with one attached hydrogen (secondary N) is 1. The molecular weight excluding hydrogens is 264 g/mol. The van der Waals surface area contributed by atoms with E-state index in [1.54, 1.807) is 13.0 Å². The van der Waals surface area contributed by atoms with Crippen molar-refractivity contribution in [2.45, 2.75) is 33.7 Å². The fraction of sp³-hybridized carbons (Fsp3) is 0.294. The lowest BCUT2D eigenvalue weighted by Gasteiger charge is -2.19. The molecule has 0 aliphatic rings. The van der Waals surface area contributed by atoms with Crippen LogP contribution in [0, 0.1) is 20.8 Å². The summed E-state index contributed by atoms with van der Waals surface area (Å²) in [5.74, 6) is -0.960. The van der Waals surface area contributed by atoms with Crippen LogP contribution in [0.1, 0.15) is 45.8 Å². The number of rotatable bonds is 4. The molecule has 1 aromatic carbocycles. The van der Waals surface area contributed by atoms with E-state index in [1.165, 1.54) is 5.56 Å². The third kappa shape index (κ3) is 3.40. The second-order valence-electron chi connectivity index (χ2n) is 5.35. The summed E-state index contributed by atoms with van der Waals surface area (Å²) in [6, 6.07) is 10.00. The summed E-state index contributed by atoms with van der Waals surface area (Å²) in [7, 11) is 0. The van der Waals surface area contributed by atoms with E-state index in [0.717, 1.165) is 11.3 Å². The van der Waals surface area contributed by atoms with Crippen LogP contribution >= 0.6 is 0 Å². The molecule has 1 unspecified atom stereocenters. The summed E-state index contributed by atoms with van der Waals surface area (Å²) in [6.45, 7) is 7.64. The van der Waals surface area contributed by atoms with E-state index < -0.39 is 5.97 Å². The summed E-state index contributed by atoms with van der Waals surface area (Å²) in [5, 5.41) is 12.7. The fourth-order valence-electron chi connectivity index (χ4n) is 2.38. The third-order valence-corrected chi connectivity index (χ3v) is 3.49. The van der Waals surface area contributed by atoms with Crippen LogP contribution in [-0.2, 0) is 0 Å². The van der Waals surface area contributed by atoms with Crippen LogP contribution in [0.2, 0.25) is 0 Å². The standard InChI is InChI=1S/C17H20N2O2/c1-10-5-7-14(8-6-10)12(3)19-15-9-11(2)18-13(4)16(15)17(20)21/h5-9,12H,1-4H3,(H,18,19)(H,20,21). The predicted molar refractivity (Wildman–Crippen MR) is 83.9 cm³/mol. The lowest BCUT2D eigenvalue weighted by Crippen LogP contribution is -2.13. The molecule has 0 bridgehead atoms. The van der Waals surface area contributed by atoms with E-state index >= 15 is 0 Å². The number of aryl methyl sites for hydroxylation is 3. The Hall–Kier alpha value is -2.36. The maximum Gasteiger partial charge on any atom is 0.339 e. The van der Waals surface area contributed by atoms with Gasteiger partial charge < -0.3 is 10.4 Å². The fourth-order valence-corrected chi connectivity index (χ4v) is 2.38. The van der Waals surface area contributed by atoms with Gasteiger partial charge in [-0.05, 0) is 39.3 Å². The molecule has 0 aliphatic carbocycles. The van der Waals surface area contributed by atoms with Gasteiger partial charge in [0.05, 0.1) is 11.4 Å². The van der Waals surface area contributed by atoms with Crippen LogP contribution < -0.4 is 5.32 Å². The molecule has 1 aromatic heterocycles. The molecule has 2 aromatic rings. The smallest absolute Gasteiger partial charge is 0.339 e. The molecule has 0 saturated heterocycles. The van der Waals surface area contributed by atoms with E-state index in [1.807, 2.05) is 32.9 Å². The summed E-state index contributed by atoms with van der Waals surface area (Å²) >= 11 is 0. The Balaban J connectivity index is 2.34. The highest BCUT2D eigenvalue weighted by Gasteiger charge is 2.17. The van der Waals surface area contributed by atoms with Crippen LogP contribution in [0.5, 0.6) is 0 Å². The van der Waals surface area contributed by atoms with Crippen molar-refractivity contribution < 1.29 is 9.90 Å². The van der Waals surface area contributed by atoms with Gasteiger partial charge in [-0.25, -0.2) is 4.79 Å². The zero-order valence-electron chi connectivity index (χ0n) is 12.8. The van der Waals surface area contributed by atoms with E-state index in [4.69, 9.17) is 0 Å². The first kappa shape index (κ1) is 15.0. The predicted octanol–water partition coefficient (Wildman–Crippen LogP) is 3.88. The van der Waals surface area contributed by atoms with Gasteiger partial charge in [-0.3, -0.25) is 4.98 Å². The minimum atomic E-state index is -0.960. The molecule has 110 valence electrons. The maximum absolute atomic E-state index is 11.4. The number of carboxylic acid groups (broad SMARTS) is 1. The maximum atomic E-state index is 11.4. The topological polar surface area (TPSA) is 62.2 Å². The molecule has 0 fully saturated rings. The number of carbonyl (C=O) groups is 1. The second-order valence-corrected chi connectivity index (χ2v) is 5.35. The summed E-state index contributed by atoms with van der Waals surface area (Å²) in [6.07, 6.45) is 0. The second kappa shape index (κ2) is 5.95. The summed E-state index contributed by atoms with van der Waals surface area (Å²) in [4.78, 5) is 15.7. The molecule has 21 heavy (non-hydrogen) atoms. The molecule has 4 nitrogen and oxygen atoms in total. The van der Waals surface area contributed by atoms with Gasteiger partial charge in [0.1, 0.15) is 5.56 Å². The van der Waals surface area contributed by atoms with E-state index in [2.05, 4.69) is 22.4 Å². The Bertz CT molecular complexity index is 663. The Morgan fingerprint density at radius 2 is 1.81 bits per heavy atom. The molecule has 0 aliphatic heterocycles. The number of hydrogen-bond donors (Lipinski definition) is 2. The average Bonchev–Trinajstić information content (AvgIpc) is 2.37. The van der Waals surface area contributed by atoms with Crippen LogP contribution in [-0.4, -0.2) is 16.1 Å². The highest BCUT2D eigenvalue weighted by molar-refractivity contribution is 5.95. The van der Waals surface area contributed by atoms with E-state index in [9.17, 15) is 9.90 Å². The number of anilines is 1. The van der Waals surface area contributed by atoms with Gasteiger partial charge in [-0.15, -0.1) is 0 Å². The number of nitrogens with zero attached hydrogens (tertiary/aromatic N) is 1. The molecular formula is C17H20N2O2. The Labute approximate surface area is 124 Å². The first-order valence-corrected chi connectivity index (χ1v) is 6.93. The Morgan fingerprint density at radius 1 is 1.19 bits per heavy atom. The van der Waals surface area contributed by atoms with Gasteiger partial charge in [0, 0.05) is 11.7 Å². The van der Waals surface area contributed by atoms with Gasteiger partial charge in [0.15, 0.2) is 0 Å². The van der Waals surface area contributed by atoms with Crippen molar-refractivity contribution in [3.05, 3.63) is 58.4 Å². The monoisotopic (exact) mass is 284 g/mol. The Kier molecular flexibility index (Phi) is 4.26. The van der Waals surface area contributed by atoms with Gasteiger partial charge in [0.2, 0.25) is 0 Å². The SMILES string of the molecule is Cc1ccc(C(C)Nc2cc(C)nc(C)c2C(=O)O)cc1. The quantitative estimate of drug-likeness (QED) is 0.894. The molecule has 0 spiro atoms. The molecule has 2 rings (SSSR count). The van der Waals surface area contributed by atoms with Crippen molar-refractivity contribution in [3.63, 3.8) is 0 Å². The van der Waals surface area contributed by atoms with Crippen molar-refractivity contribution >= 4 is 11.7 Å². The largest absolute Gasteiger partial charge is 0.478 e. The molecule has 0 saturated carbocycles. The normalized spacial score (nSPS) is 12.0. The minimum absolute atomic E-state index is 0.0184. The number of aromatic nitrogens is 1.